The molecule has 2 heterocycles. The Bertz CT molecular complexity index is 1410. The molecule has 1 aliphatic carbocycles. The Morgan fingerprint density at radius 3 is 2.65 bits per heavy atom. The molecule has 7 nitrogen and oxygen atoms in total. The van der Waals surface area contributed by atoms with E-state index < -0.39 is 17.7 Å². The highest BCUT2D eigenvalue weighted by molar-refractivity contribution is 6.06. The number of hydrogen-bond acceptors (Lipinski definition) is 5. The molecule has 0 spiro atoms. The fourth-order valence-electron chi connectivity index (χ4n) is 4.61. The number of allylic oxidation sites excluding steroid dienone is 1. The molecule has 1 aliphatic rings. The van der Waals surface area contributed by atoms with Crippen molar-refractivity contribution in [3.63, 3.8) is 0 Å². The van der Waals surface area contributed by atoms with Crippen LogP contribution in [-0.4, -0.2) is 32.5 Å². The van der Waals surface area contributed by atoms with Crippen LogP contribution in [-0.2, 0) is 21.7 Å². The number of carbonyl (C=O) groups excluding carboxylic acids is 1. The summed E-state index contributed by atoms with van der Waals surface area (Å²) in [7, 11) is 0. The number of imidazole rings is 1. The quantitative estimate of drug-likeness (QED) is 0.272. The summed E-state index contributed by atoms with van der Waals surface area (Å²) in [6, 6.07) is 19.0. The molecule has 188 valence electrons. The van der Waals surface area contributed by atoms with Gasteiger partial charge in [0.2, 0.25) is 5.78 Å². The molecule has 5 rings (SSSR count). The van der Waals surface area contributed by atoms with Crippen molar-refractivity contribution in [2.75, 3.05) is 0 Å². The Hall–Kier alpha value is -4.23. The number of ether oxygens (including phenoxy) is 1. The highest BCUT2D eigenvalue weighted by atomic mass is 16.5. The minimum absolute atomic E-state index is 0.150. The molecule has 37 heavy (non-hydrogen) atoms. The van der Waals surface area contributed by atoms with Crippen LogP contribution in [0.5, 0.6) is 0 Å². The third kappa shape index (κ3) is 5.17. The lowest BCUT2D eigenvalue weighted by Gasteiger charge is -2.43. The van der Waals surface area contributed by atoms with E-state index in [1.807, 2.05) is 65.3 Å². The summed E-state index contributed by atoms with van der Waals surface area (Å²) in [5.41, 5.74) is 2.89. The van der Waals surface area contributed by atoms with E-state index >= 15 is 0 Å². The molecule has 0 unspecified atom stereocenters. The van der Waals surface area contributed by atoms with Gasteiger partial charge >= 0.3 is 5.97 Å². The zero-order valence-corrected chi connectivity index (χ0v) is 20.5. The lowest BCUT2D eigenvalue weighted by atomic mass is 9.74. The van der Waals surface area contributed by atoms with Crippen molar-refractivity contribution in [1.29, 1.82) is 0 Å². The zero-order valence-electron chi connectivity index (χ0n) is 20.5. The van der Waals surface area contributed by atoms with Gasteiger partial charge in [-0.15, -0.1) is 0 Å². The van der Waals surface area contributed by atoms with Crippen molar-refractivity contribution >= 4 is 17.8 Å². The topological polar surface area (TPSA) is 94.6 Å². The van der Waals surface area contributed by atoms with Gasteiger partial charge < -0.3 is 18.8 Å². The maximum absolute atomic E-state index is 13.1. The molecule has 2 aromatic carbocycles. The van der Waals surface area contributed by atoms with Crippen molar-refractivity contribution in [1.82, 2.24) is 9.55 Å². The van der Waals surface area contributed by atoms with Gasteiger partial charge in [-0.2, -0.15) is 0 Å². The number of furan rings is 1. The fourth-order valence-corrected chi connectivity index (χ4v) is 4.61. The van der Waals surface area contributed by atoms with E-state index in [-0.39, 0.29) is 5.78 Å². The predicted molar refractivity (Wildman–Crippen MR) is 139 cm³/mol. The Kier molecular flexibility index (Phi) is 6.88. The summed E-state index contributed by atoms with van der Waals surface area (Å²) in [6.07, 6.45) is 10.8. The monoisotopic (exact) mass is 496 g/mol. The van der Waals surface area contributed by atoms with E-state index in [1.165, 1.54) is 0 Å². The fraction of sp³-hybridized carbons (Fsp3) is 0.233. The number of ketones is 1. The van der Waals surface area contributed by atoms with Crippen LogP contribution in [0.4, 0.5) is 0 Å². The Labute approximate surface area is 215 Å². The van der Waals surface area contributed by atoms with Crippen LogP contribution < -0.4 is 0 Å². The van der Waals surface area contributed by atoms with Crippen molar-refractivity contribution in [2.24, 2.45) is 0 Å². The molecule has 1 fully saturated rings. The largest absolute Gasteiger partial charge is 0.479 e. The van der Waals surface area contributed by atoms with Crippen LogP contribution in [0.2, 0.25) is 0 Å². The lowest BCUT2D eigenvalue weighted by Crippen LogP contribution is -2.42. The van der Waals surface area contributed by atoms with Gasteiger partial charge in [0, 0.05) is 30.1 Å². The number of benzene rings is 2. The number of carboxylic acids is 1. The van der Waals surface area contributed by atoms with Gasteiger partial charge in [0.15, 0.2) is 11.9 Å². The highest BCUT2D eigenvalue weighted by Crippen LogP contribution is 2.45. The number of carbonyl (C=O) groups is 2. The van der Waals surface area contributed by atoms with E-state index in [0.717, 1.165) is 41.7 Å². The summed E-state index contributed by atoms with van der Waals surface area (Å²) in [5.74, 6) is 0.0130. The van der Waals surface area contributed by atoms with Crippen LogP contribution in [0.15, 0.2) is 89.8 Å². The van der Waals surface area contributed by atoms with Crippen LogP contribution >= 0.6 is 0 Å². The normalized spacial score (nSPS) is 15.4. The van der Waals surface area contributed by atoms with Crippen molar-refractivity contribution in [3.05, 3.63) is 108 Å². The highest BCUT2D eigenvalue weighted by Gasteiger charge is 2.42. The zero-order chi connectivity index (χ0) is 25.8. The first-order chi connectivity index (χ1) is 17.9. The second-order valence-corrected chi connectivity index (χ2v) is 9.26. The first-order valence-electron chi connectivity index (χ1n) is 12.3. The molecule has 0 radical (unpaired) electrons. The van der Waals surface area contributed by atoms with Crippen LogP contribution in [0.3, 0.4) is 0 Å². The van der Waals surface area contributed by atoms with Crippen molar-refractivity contribution < 1.29 is 23.8 Å². The summed E-state index contributed by atoms with van der Waals surface area (Å²) in [4.78, 5) is 28.7. The molecule has 2 aromatic heterocycles. The van der Waals surface area contributed by atoms with Gasteiger partial charge in [-0.05, 0) is 55.5 Å². The second-order valence-electron chi connectivity index (χ2n) is 9.26. The molecule has 7 heteroatoms. The first-order valence-corrected chi connectivity index (χ1v) is 12.3. The number of nitrogens with zero attached hydrogens (tertiary/aromatic N) is 2. The molecule has 1 atom stereocenters. The molecule has 4 aromatic rings. The molecule has 0 aliphatic heterocycles. The SMILES string of the molecule is C[C@@H](OC1(c2cccc(C=CCn3ccnc3C(=O)c3ccc(-c4ccco4)cc3)c2)CCC1)C(=O)O. The number of aliphatic carboxylic acids is 1. The van der Waals surface area contributed by atoms with Gasteiger partial charge in [0.25, 0.3) is 0 Å². The standard InChI is InChI=1S/C30H28N2O5/c1-21(29(34)35)37-30(14-5-15-30)25-8-2-6-22(20-25)7-3-17-32-18-16-31-28(32)27(33)24-12-10-23(11-13-24)26-9-4-19-36-26/h2-4,6-13,16,18-21H,5,14-15,17H2,1H3,(H,34,35)/t21-/m1/s1. The molecular formula is C30H28N2O5. The average Bonchev–Trinajstić information content (AvgIpc) is 3.59. The van der Waals surface area contributed by atoms with Crippen LogP contribution in [0, 0.1) is 0 Å². The minimum atomic E-state index is -0.957. The van der Waals surface area contributed by atoms with Gasteiger partial charge in [-0.3, -0.25) is 4.79 Å². The van der Waals surface area contributed by atoms with Crippen molar-refractivity contribution in [3.8, 4) is 11.3 Å². The maximum atomic E-state index is 13.1. The van der Waals surface area contributed by atoms with Gasteiger partial charge in [-0.25, -0.2) is 9.78 Å². The third-order valence-electron chi connectivity index (χ3n) is 6.81. The summed E-state index contributed by atoms with van der Waals surface area (Å²) < 4.78 is 13.2. The van der Waals surface area contributed by atoms with Gasteiger partial charge in [-0.1, -0.05) is 54.6 Å². The number of rotatable bonds is 10. The molecule has 0 saturated heterocycles. The Morgan fingerprint density at radius 2 is 1.97 bits per heavy atom. The summed E-state index contributed by atoms with van der Waals surface area (Å²) in [5, 5.41) is 9.29. The molecular weight excluding hydrogens is 468 g/mol. The van der Waals surface area contributed by atoms with Gasteiger partial charge in [0.1, 0.15) is 5.76 Å². The van der Waals surface area contributed by atoms with Crippen molar-refractivity contribution in [2.45, 2.75) is 44.4 Å². The van der Waals surface area contributed by atoms with E-state index in [0.29, 0.717) is 17.9 Å². The second kappa shape index (κ2) is 10.4. The Morgan fingerprint density at radius 1 is 1.16 bits per heavy atom. The smallest absolute Gasteiger partial charge is 0.332 e. The summed E-state index contributed by atoms with van der Waals surface area (Å²) >= 11 is 0. The lowest BCUT2D eigenvalue weighted by molar-refractivity contribution is -0.177. The molecule has 0 amide bonds. The van der Waals surface area contributed by atoms with E-state index in [1.54, 1.807) is 37.7 Å². The van der Waals surface area contributed by atoms with Crippen LogP contribution in [0.25, 0.3) is 17.4 Å². The first kappa shape index (κ1) is 24.5. The Balaban J connectivity index is 1.27. The summed E-state index contributed by atoms with van der Waals surface area (Å²) in [6.45, 7) is 2.05. The molecule has 1 saturated carbocycles. The number of carboxylic acid groups (broad SMARTS) is 1. The average molecular weight is 497 g/mol. The maximum Gasteiger partial charge on any atom is 0.332 e. The van der Waals surface area contributed by atoms with E-state index in [2.05, 4.69) is 4.98 Å². The van der Waals surface area contributed by atoms with Crippen LogP contribution in [0.1, 0.15) is 53.5 Å². The number of aromatic nitrogens is 2. The number of hydrogen-bond donors (Lipinski definition) is 1. The molecule has 0 bridgehead atoms. The van der Waals surface area contributed by atoms with Gasteiger partial charge in [0.05, 0.1) is 11.9 Å². The minimum Gasteiger partial charge on any atom is -0.479 e. The predicted octanol–water partition coefficient (Wildman–Crippen LogP) is 5.96. The van der Waals surface area contributed by atoms with E-state index in [4.69, 9.17) is 9.15 Å². The van der Waals surface area contributed by atoms with E-state index in [9.17, 15) is 14.7 Å². The third-order valence-corrected chi connectivity index (χ3v) is 6.81. The molecule has 1 N–H and O–H groups in total.